The number of carboxylic acid groups (broad SMARTS) is 1. The number of fused-ring (bicyclic) bond motifs is 4. The van der Waals surface area contributed by atoms with Crippen molar-refractivity contribution < 1.29 is 71.5 Å². The quantitative estimate of drug-likeness (QED) is 0.139. The summed E-state index contributed by atoms with van der Waals surface area (Å²) in [5, 5.41) is 20.1. The number of carbonyl (C=O) groups is 6. The normalized spacial score (nSPS) is 22.8. The van der Waals surface area contributed by atoms with Gasteiger partial charge in [-0.2, -0.15) is 0 Å². The number of carbonyl (C=O) groups excluding carboxylic acids is 5. The van der Waals surface area contributed by atoms with Gasteiger partial charge in [0.2, 0.25) is 11.8 Å². The van der Waals surface area contributed by atoms with Crippen LogP contribution in [-0.4, -0.2) is 94.6 Å². The molecule has 1 aliphatic rings. The summed E-state index contributed by atoms with van der Waals surface area (Å²) >= 11 is 0. The number of carboxylic acids is 1. The summed E-state index contributed by atoms with van der Waals surface area (Å²) in [4.78, 5) is 85.8. The molecular weight excluding hydrogens is 796 g/mol. The third-order valence-electron chi connectivity index (χ3n) is 9.41. The molecule has 0 radical (unpaired) electrons. The van der Waals surface area contributed by atoms with E-state index >= 15 is 0 Å². The highest BCUT2D eigenvalue weighted by atomic mass is 16.6. The van der Waals surface area contributed by atoms with Crippen LogP contribution in [0.4, 0.5) is 0 Å². The zero-order chi connectivity index (χ0) is 45.0. The van der Waals surface area contributed by atoms with Crippen molar-refractivity contribution >= 4 is 48.0 Å². The second-order valence-corrected chi connectivity index (χ2v) is 13.6. The standard InChI is InChI=1S/C44H50N2O15/c1-7-19-31(47)43(3,41(53)55-5)33-21-15-11-9-13-17-24-36-46-30(28-58-36)40(52)61-34(22-16-12-10-14-18-23-35-45-29(27-57-35)39(51)60-33)44(4,42(54)56-6)32(20-8-2)59-38(50)26-25-37(48)49/h7-20,23-24,27-28,31-34,47H,21-22,25-26H2,1-6H3,(H,48,49)/b13-9+,14-10+,15-11-,16-12-,19-7+,20-8+,23-18+,24-17+. The van der Waals surface area contributed by atoms with Crippen LogP contribution in [0, 0.1) is 10.8 Å². The molecule has 2 aromatic heterocycles. The largest absolute Gasteiger partial charge is 0.481 e. The van der Waals surface area contributed by atoms with E-state index < -0.39 is 83.9 Å². The number of aliphatic hydroxyl groups is 1. The number of aliphatic hydroxyl groups excluding tert-OH is 1. The van der Waals surface area contributed by atoms with Gasteiger partial charge in [-0.3, -0.25) is 19.2 Å². The molecule has 2 N–H and O–H groups in total. The highest BCUT2D eigenvalue weighted by Crippen LogP contribution is 2.37. The number of hydrogen-bond donors (Lipinski definition) is 2. The molecule has 17 heteroatoms. The Morgan fingerprint density at radius 2 is 1.20 bits per heavy atom. The molecule has 6 atom stereocenters. The molecule has 326 valence electrons. The smallest absolute Gasteiger partial charge is 0.360 e. The number of rotatable bonds is 12. The fourth-order valence-corrected chi connectivity index (χ4v) is 5.86. The number of ether oxygens (including phenoxy) is 5. The molecule has 17 nitrogen and oxygen atoms in total. The van der Waals surface area contributed by atoms with E-state index in [1.165, 1.54) is 44.2 Å². The number of cyclic esters (lactones) is 2. The van der Waals surface area contributed by atoms with Crippen LogP contribution in [0.15, 0.2) is 106 Å². The van der Waals surface area contributed by atoms with Gasteiger partial charge in [-0.15, -0.1) is 0 Å². The lowest BCUT2D eigenvalue weighted by atomic mass is 9.76. The molecule has 61 heavy (non-hydrogen) atoms. The van der Waals surface area contributed by atoms with Crippen LogP contribution in [0.3, 0.4) is 0 Å². The van der Waals surface area contributed by atoms with Gasteiger partial charge >= 0.3 is 35.8 Å². The van der Waals surface area contributed by atoms with Crippen molar-refractivity contribution in [1.29, 1.82) is 0 Å². The van der Waals surface area contributed by atoms with Gasteiger partial charge in [-0.05, 0) is 33.8 Å². The van der Waals surface area contributed by atoms with E-state index in [1.54, 1.807) is 80.7 Å². The molecule has 3 rings (SSSR count). The first-order valence-electron chi connectivity index (χ1n) is 19.0. The minimum Gasteiger partial charge on any atom is -0.481 e. The number of methoxy groups -OCH3 is 2. The van der Waals surface area contributed by atoms with E-state index in [9.17, 15) is 33.9 Å². The van der Waals surface area contributed by atoms with Crippen LogP contribution in [0.25, 0.3) is 12.2 Å². The predicted octanol–water partition coefficient (Wildman–Crippen LogP) is 6.11. The molecule has 1 aliphatic heterocycles. The topological polar surface area (TPSA) is 241 Å². The number of nitrogens with zero attached hydrogens (tertiary/aromatic N) is 2. The van der Waals surface area contributed by atoms with Crippen molar-refractivity contribution in [3.63, 3.8) is 0 Å². The number of aromatic nitrogens is 2. The van der Waals surface area contributed by atoms with Gasteiger partial charge in [0.1, 0.15) is 41.7 Å². The third kappa shape index (κ3) is 13.3. The van der Waals surface area contributed by atoms with Crippen molar-refractivity contribution in [1.82, 2.24) is 9.97 Å². The van der Waals surface area contributed by atoms with Crippen LogP contribution in [0.2, 0.25) is 0 Å². The van der Waals surface area contributed by atoms with Gasteiger partial charge < -0.3 is 42.7 Å². The van der Waals surface area contributed by atoms with Gasteiger partial charge in [-0.25, -0.2) is 19.6 Å². The highest BCUT2D eigenvalue weighted by Gasteiger charge is 2.52. The molecule has 0 aliphatic carbocycles. The van der Waals surface area contributed by atoms with Gasteiger partial charge in [-0.1, -0.05) is 79.0 Å². The average Bonchev–Trinajstić information content (AvgIpc) is 3.93. The Morgan fingerprint density at radius 3 is 1.66 bits per heavy atom. The van der Waals surface area contributed by atoms with Gasteiger partial charge in [0, 0.05) is 25.0 Å². The molecule has 0 amide bonds. The van der Waals surface area contributed by atoms with Crippen LogP contribution >= 0.6 is 0 Å². The zero-order valence-electron chi connectivity index (χ0n) is 34.6. The summed E-state index contributed by atoms with van der Waals surface area (Å²) in [6, 6.07) is 0. The first-order valence-corrected chi connectivity index (χ1v) is 19.0. The molecule has 0 saturated carbocycles. The number of allylic oxidation sites excluding steroid dienone is 10. The molecular formula is C44H50N2O15. The second-order valence-electron chi connectivity index (χ2n) is 13.6. The summed E-state index contributed by atoms with van der Waals surface area (Å²) in [5.41, 5.74) is -4.05. The van der Waals surface area contributed by atoms with Gasteiger partial charge in [0.25, 0.3) is 0 Å². The number of oxazole rings is 2. The molecule has 2 aromatic rings. The van der Waals surface area contributed by atoms with E-state index in [4.69, 9.17) is 37.6 Å². The lowest BCUT2D eigenvalue weighted by molar-refractivity contribution is -0.176. The van der Waals surface area contributed by atoms with E-state index in [2.05, 4.69) is 9.97 Å². The summed E-state index contributed by atoms with van der Waals surface area (Å²) in [7, 11) is 2.28. The first-order chi connectivity index (χ1) is 29.1. The fourth-order valence-electron chi connectivity index (χ4n) is 5.86. The van der Waals surface area contributed by atoms with Crippen LogP contribution in [-0.2, 0) is 42.9 Å². The molecule has 4 bridgehead atoms. The molecule has 6 unspecified atom stereocenters. The van der Waals surface area contributed by atoms with Crippen molar-refractivity contribution in [3.8, 4) is 0 Å². The van der Waals surface area contributed by atoms with Crippen molar-refractivity contribution in [2.45, 2.75) is 77.8 Å². The van der Waals surface area contributed by atoms with E-state index in [-0.39, 0.29) is 36.0 Å². The highest BCUT2D eigenvalue weighted by molar-refractivity contribution is 5.89. The number of hydrogen-bond acceptors (Lipinski definition) is 16. The molecule has 0 aromatic carbocycles. The monoisotopic (exact) mass is 846 g/mol. The zero-order valence-corrected chi connectivity index (χ0v) is 34.6. The number of aliphatic carboxylic acids is 1. The first kappa shape index (κ1) is 48.5. The van der Waals surface area contributed by atoms with Crippen molar-refractivity contribution in [2.24, 2.45) is 10.8 Å². The maximum Gasteiger partial charge on any atom is 0.360 e. The fraction of sp³-hybridized carbons (Fsp3) is 0.364. The summed E-state index contributed by atoms with van der Waals surface area (Å²) < 4.78 is 38.3. The van der Waals surface area contributed by atoms with Crippen LogP contribution in [0.1, 0.15) is 86.1 Å². The maximum atomic E-state index is 13.6. The minimum atomic E-state index is -1.87. The Balaban J connectivity index is 2.06. The van der Waals surface area contributed by atoms with E-state index in [1.807, 2.05) is 0 Å². The SMILES string of the molecule is C/C=C/C(O)C(C)(C(=O)OC)C1C\C=C/C=C/C=C/c2nc(co2)C(=O)OC(C(C)(C(=O)OC)C(/C=C/C)OC(=O)CCC(=O)O)C\C=C/C=C/C=C/c2nc(co2)C(=O)O1. The van der Waals surface area contributed by atoms with Gasteiger partial charge in [0.05, 0.1) is 33.2 Å². The Kier molecular flexibility index (Phi) is 18.8. The number of esters is 5. The Morgan fingerprint density at radius 1 is 0.738 bits per heavy atom. The maximum absolute atomic E-state index is 13.6. The van der Waals surface area contributed by atoms with Crippen molar-refractivity contribution in [2.75, 3.05) is 14.2 Å². The summed E-state index contributed by atoms with van der Waals surface area (Å²) in [5.74, 6) is -5.71. The van der Waals surface area contributed by atoms with E-state index in [0.717, 1.165) is 26.7 Å². The van der Waals surface area contributed by atoms with Crippen LogP contribution in [0.5, 0.6) is 0 Å². The Hall–Kier alpha value is -6.88. The average molecular weight is 847 g/mol. The van der Waals surface area contributed by atoms with E-state index in [0.29, 0.717) is 0 Å². The summed E-state index contributed by atoms with van der Waals surface area (Å²) in [6.07, 6.45) is 20.2. The molecule has 0 saturated heterocycles. The Labute approximate surface area is 352 Å². The minimum absolute atomic E-state index is 0.0151. The lowest BCUT2D eigenvalue weighted by Gasteiger charge is -2.38. The third-order valence-corrected chi connectivity index (χ3v) is 9.41. The Bertz CT molecular complexity index is 2100. The molecule has 0 fully saturated rings. The molecule has 3 heterocycles. The lowest BCUT2D eigenvalue weighted by Crippen LogP contribution is -2.52. The predicted molar refractivity (Wildman–Crippen MR) is 218 cm³/mol. The van der Waals surface area contributed by atoms with Gasteiger partial charge in [0.15, 0.2) is 11.4 Å². The van der Waals surface area contributed by atoms with Crippen molar-refractivity contribution in [3.05, 3.63) is 121 Å². The van der Waals surface area contributed by atoms with Crippen LogP contribution < -0.4 is 0 Å². The second kappa shape index (κ2) is 23.6. The molecule has 0 spiro atoms. The summed E-state index contributed by atoms with van der Waals surface area (Å²) in [6.45, 7) is 6.09.